The molecule has 5 nitrogen and oxygen atoms in total. The van der Waals surface area contributed by atoms with Crippen LogP contribution in [-0.4, -0.2) is 29.2 Å². The summed E-state index contributed by atoms with van der Waals surface area (Å²) in [5.41, 5.74) is 5.93. The third-order valence-corrected chi connectivity index (χ3v) is 3.86. The summed E-state index contributed by atoms with van der Waals surface area (Å²) in [5.74, 6) is 2.17. The van der Waals surface area contributed by atoms with Crippen molar-refractivity contribution in [2.45, 2.75) is 58.6 Å². The zero-order valence-electron chi connectivity index (χ0n) is 12.6. The molecular formula is C15H26N4O. The lowest BCUT2D eigenvalue weighted by molar-refractivity contribution is 0.128. The van der Waals surface area contributed by atoms with Gasteiger partial charge in [-0.3, -0.25) is 0 Å². The molecule has 0 amide bonds. The Balaban J connectivity index is 2.22. The molecule has 1 aliphatic rings. The predicted molar refractivity (Wildman–Crippen MR) is 81.7 cm³/mol. The second kappa shape index (κ2) is 7.43. The van der Waals surface area contributed by atoms with E-state index >= 15 is 0 Å². The number of aromatic nitrogens is 2. The van der Waals surface area contributed by atoms with Gasteiger partial charge in [0, 0.05) is 25.3 Å². The van der Waals surface area contributed by atoms with Gasteiger partial charge < -0.3 is 15.4 Å². The summed E-state index contributed by atoms with van der Waals surface area (Å²) >= 11 is 0. The molecule has 0 spiro atoms. The molecule has 112 valence electrons. The minimum absolute atomic E-state index is 0.430. The lowest BCUT2D eigenvalue weighted by Gasteiger charge is -2.30. The number of hydrogen-bond acceptors (Lipinski definition) is 5. The van der Waals surface area contributed by atoms with E-state index in [0.29, 0.717) is 30.9 Å². The Kier molecular flexibility index (Phi) is 5.59. The number of nitrogen functional groups attached to an aromatic ring is 1. The maximum atomic E-state index is 5.93. The summed E-state index contributed by atoms with van der Waals surface area (Å²) in [6.07, 6.45) is 6.22. The molecule has 0 radical (unpaired) electrons. The highest BCUT2D eigenvalue weighted by Crippen LogP contribution is 2.25. The standard InChI is InChI=1S/C15H26N4O/c1-3-12-8-6-5-7-9-19(12)15-10-13(16)17-14(18-15)11-20-4-2/h10,12H,3-9,11H2,1-2H3,(H2,16,17,18). The maximum absolute atomic E-state index is 5.93. The van der Waals surface area contributed by atoms with Crippen LogP contribution in [0.3, 0.4) is 0 Å². The Morgan fingerprint density at radius 1 is 1.30 bits per heavy atom. The molecule has 0 aliphatic carbocycles. The maximum Gasteiger partial charge on any atom is 0.158 e. The van der Waals surface area contributed by atoms with Gasteiger partial charge in [-0.2, -0.15) is 0 Å². The quantitative estimate of drug-likeness (QED) is 0.897. The van der Waals surface area contributed by atoms with Gasteiger partial charge in [0.05, 0.1) is 0 Å². The fourth-order valence-electron chi connectivity index (χ4n) is 2.81. The van der Waals surface area contributed by atoms with Crippen LogP contribution in [0.5, 0.6) is 0 Å². The number of anilines is 2. The van der Waals surface area contributed by atoms with Crippen molar-refractivity contribution in [3.05, 3.63) is 11.9 Å². The Bertz CT molecular complexity index is 424. The molecule has 1 atom stereocenters. The van der Waals surface area contributed by atoms with Gasteiger partial charge in [0.2, 0.25) is 0 Å². The summed E-state index contributed by atoms with van der Waals surface area (Å²) in [5, 5.41) is 0. The first-order chi connectivity index (χ1) is 9.74. The van der Waals surface area contributed by atoms with Gasteiger partial charge in [-0.15, -0.1) is 0 Å². The van der Waals surface area contributed by atoms with Crippen LogP contribution in [-0.2, 0) is 11.3 Å². The van der Waals surface area contributed by atoms with E-state index in [1.165, 1.54) is 25.7 Å². The van der Waals surface area contributed by atoms with Crippen molar-refractivity contribution in [3.8, 4) is 0 Å². The molecule has 2 N–H and O–H groups in total. The topological polar surface area (TPSA) is 64.3 Å². The Morgan fingerprint density at radius 2 is 2.15 bits per heavy atom. The average molecular weight is 278 g/mol. The molecule has 0 bridgehead atoms. The van der Waals surface area contributed by atoms with Gasteiger partial charge in [0.1, 0.15) is 18.2 Å². The van der Waals surface area contributed by atoms with E-state index in [1.807, 2.05) is 13.0 Å². The highest BCUT2D eigenvalue weighted by molar-refractivity contribution is 5.48. The van der Waals surface area contributed by atoms with Crippen molar-refractivity contribution in [1.29, 1.82) is 0 Å². The normalized spacial score (nSPS) is 19.9. The van der Waals surface area contributed by atoms with Gasteiger partial charge >= 0.3 is 0 Å². The zero-order chi connectivity index (χ0) is 14.4. The van der Waals surface area contributed by atoms with Gasteiger partial charge in [-0.1, -0.05) is 19.8 Å². The smallest absolute Gasteiger partial charge is 0.158 e. The van der Waals surface area contributed by atoms with E-state index in [2.05, 4.69) is 21.8 Å². The molecule has 1 aromatic rings. The molecule has 2 heterocycles. The number of hydrogen-bond donors (Lipinski definition) is 1. The van der Waals surface area contributed by atoms with Crippen molar-refractivity contribution >= 4 is 11.6 Å². The molecule has 2 rings (SSSR count). The van der Waals surface area contributed by atoms with E-state index in [4.69, 9.17) is 10.5 Å². The first kappa shape index (κ1) is 15.0. The van der Waals surface area contributed by atoms with Crippen molar-refractivity contribution in [3.63, 3.8) is 0 Å². The molecule has 5 heteroatoms. The van der Waals surface area contributed by atoms with Crippen LogP contribution in [0.15, 0.2) is 6.07 Å². The summed E-state index contributed by atoms with van der Waals surface area (Å²) in [4.78, 5) is 11.3. The molecule has 1 unspecified atom stereocenters. The van der Waals surface area contributed by atoms with Crippen LogP contribution in [0.1, 0.15) is 51.8 Å². The second-order valence-electron chi connectivity index (χ2n) is 5.31. The Labute approximate surface area is 121 Å². The van der Waals surface area contributed by atoms with Gasteiger partial charge in [0.25, 0.3) is 0 Å². The van der Waals surface area contributed by atoms with Crippen molar-refractivity contribution < 1.29 is 4.74 Å². The highest BCUT2D eigenvalue weighted by Gasteiger charge is 2.21. The minimum Gasteiger partial charge on any atom is -0.384 e. The molecule has 0 saturated carbocycles. The molecule has 1 saturated heterocycles. The number of nitrogens with zero attached hydrogens (tertiary/aromatic N) is 3. The second-order valence-corrected chi connectivity index (χ2v) is 5.31. The lowest BCUT2D eigenvalue weighted by Crippen LogP contribution is -2.35. The van der Waals surface area contributed by atoms with Crippen molar-refractivity contribution in [1.82, 2.24) is 9.97 Å². The van der Waals surface area contributed by atoms with Crippen molar-refractivity contribution in [2.75, 3.05) is 23.8 Å². The van der Waals surface area contributed by atoms with Crippen LogP contribution >= 0.6 is 0 Å². The number of ether oxygens (including phenoxy) is 1. The Hall–Kier alpha value is -1.36. The SMILES string of the molecule is CCOCc1nc(N)cc(N2CCCCCC2CC)n1. The monoisotopic (exact) mass is 278 g/mol. The van der Waals surface area contributed by atoms with Gasteiger partial charge in [0.15, 0.2) is 5.82 Å². The molecular weight excluding hydrogens is 252 g/mol. The predicted octanol–water partition coefficient (Wildman–Crippen LogP) is 2.75. The van der Waals surface area contributed by atoms with Crippen LogP contribution in [0.4, 0.5) is 11.6 Å². The minimum atomic E-state index is 0.430. The molecule has 1 aromatic heterocycles. The van der Waals surface area contributed by atoms with E-state index in [0.717, 1.165) is 18.8 Å². The summed E-state index contributed by atoms with van der Waals surface area (Å²) in [6.45, 7) is 6.36. The van der Waals surface area contributed by atoms with Crippen LogP contribution in [0.2, 0.25) is 0 Å². The summed E-state index contributed by atoms with van der Waals surface area (Å²) in [6, 6.07) is 2.45. The van der Waals surface area contributed by atoms with E-state index in [1.54, 1.807) is 0 Å². The lowest BCUT2D eigenvalue weighted by atomic mass is 10.1. The van der Waals surface area contributed by atoms with Crippen molar-refractivity contribution in [2.24, 2.45) is 0 Å². The first-order valence-corrected chi connectivity index (χ1v) is 7.72. The van der Waals surface area contributed by atoms with E-state index in [-0.39, 0.29) is 0 Å². The summed E-state index contributed by atoms with van der Waals surface area (Å²) < 4.78 is 5.40. The van der Waals surface area contributed by atoms with Crippen LogP contribution in [0.25, 0.3) is 0 Å². The summed E-state index contributed by atoms with van der Waals surface area (Å²) in [7, 11) is 0. The van der Waals surface area contributed by atoms with Gasteiger partial charge in [-0.25, -0.2) is 9.97 Å². The molecule has 1 aliphatic heterocycles. The molecule has 1 fully saturated rings. The third kappa shape index (κ3) is 3.82. The number of nitrogens with two attached hydrogens (primary N) is 1. The fraction of sp³-hybridized carbons (Fsp3) is 0.733. The first-order valence-electron chi connectivity index (χ1n) is 7.72. The Morgan fingerprint density at radius 3 is 2.90 bits per heavy atom. The zero-order valence-corrected chi connectivity index (χ0v) is 12.6. The fourth-order valence-corrected chi connectivity index (χ4v) is 2.81. The molecule has 20 heavy (non-hydrogen) atoms. The molecule has 0 aromatic carbocycles. The average Bonchev–Trinajstić information content (AvgIpc) is 2.69. The largest absolute Gasteiger partial charge is 0.384 e. The number of rotatable bonds is 5. The van der Waals surface area contributed by atoms with Crippen LogP contribution < -0.4 is 10.6 Å². The van der Waals surface area contributed by atoms with E-state index in [9.17, 15) is 0 Å². The highest BCUT2D eigenvalue weighted by atomic mass is 16.5. The van der Waals surface area contributed by atoms with Gasteiger partial charge in [-0.05, 0) is 26.2 Å². The third-order valence-electron chi connectivity index (χ3n) is 3.86. The van der Waals surface area contributed by atoms with Crippen LogP contribution in [0, 0.1) is 0 Å². The van der Waals surface area contributed by atoms with E-state index < -0.39 is 0 Å².